The van der Waals surface area contributed by atoms with Gasteiger partial charge in [0.15, 0.2) is 0 Å². The zero-order chi connectivity index (χ0) is 12.8. The van der Waals surface area contributed by atoms with Crippen molar-refractivity contribution in [1.29, 1.82) is 10.5 Å². The van der Waals surface area contributed by atoms with Gasteiger partial charge in [0.2, 0.25) is 0 Å². The molecule has 4 nitrogen and oxygen atoms in total. The Hall–Kier alpha value is -3.15. The van der Waals surface area contributed by atoms with Crippen molar-refractivity contribution in [3.63, 3.8) is 0 Å². The summed E-state index contributed by atoms with van der Waals surface area (Å²) in [7, 11) is 0. The van der Waals surface area contributed by atoms with Crippen LogP contribution in [0.1, 0.15) is 0 Å². The number of nitriles is 2. The highest BCUT2D eigenvalue weighted by molar-refractivity contribution is 5.72. The minimum atomic E-state index is -0.801. The molecule has 0 fully saturated rings. The van der Waals surface area contributed by atoms with E-state index in [0.29, 0.717) is 0 Å². The summed E-state index contributed by atoms with van der Waals surface area (Å²) in [5.74, 6) is -1.06. The molecule has 0 saturated carbocycles. The Labute approximate surface area is 96.4 Å². The zero-order valence-electron chi connectivity index (χ0n) is 8.40. The van der Waals surface area contributed by atoms with Gasteiger partial charge in [0.25, 0.3) is 0 Å². The van der Waals surface area contributed by atoms with E-state index in [2.05, 4.69) is 9.69 Å². The lowest BCUT2D eigenvalue weighted by atomic mass is 10.1. The SMILES string of the molecule is [C-]#[N+]C([N+]#[C-])=c1ccc(=C(C#N)C#N)c(F)c1. The van der Waals surface area contributed by atoms with E-state index in [9.17, 15) is 4.39 Å². The highest BCUT2D eigenvalue weighted by Crippen LogP contribution is 1.97. The highest BCUT2D eigenvalue weighted by Gasteiger charge is 2.07. The van der Waals surface area contributed by atoms with Crippen molar-refractivity contribution in [1.82, 2.24) is 0 Å². The molecule has 0 heterocycles. The third-order valence-corrected chi connectivity index (χ3v) is 1.93. The largest absolute Gasteiger partial charge is 0.526 e. The molecular formula is C12H3FN4. The Morgan fingerprint density at radius 1 is 1.18 bits per heavy atom. The van der Waals surface area contributed by atoms with E-state index < -0.39 is 5.82 Å². The summed E-state index contributed by atoms with van der Waals surface area (Å²) in [6, 6.07) is 6.66. The third kappa shape index (κ3) is 2.26. The Morgan fingerprint density at radius 2 is 1.76 bits per heavy atom. The topological polar surface area (TPSA) is 56.3 Å². The number of nitrogens with zero attached hydrogens (tertiary/aromatic N) is 4. The van der Waals surface area contributed by atoms with Crippen LogP contribution in [0.5, 0.6) is 0 Å². The lowest BCUT2D eigenvalue weighted by molar-refractivity contribution is 0.617. The summed E-state index contributed by atoms with van der Waals surface area (Å²) >= 11 is 0. The number of hydrogen-bond acceptors (Lipinski definition) is 2. The molecule has 0 aliphatic rings. The van der Waals surface area contributed by atoms with Crippen LogP contribution >= 0.6 is 0 Å². The van der Waals surface area contributed by atoms with Crippen LogP contribution in [-0.2, 0) is 0 Å². The first kappa shape index (κ1) is 11.9. The first-order valence-corrected chi connectivity index (χ1v) is 4.27. The van der Waals surface area contributed by atoms with Crippen LogP contribution in [0.15, 0.2) is 18.2 Å². The molecule has 0 aliphatic heterocycles. The summed E-state index contributed by atoms with van der Waals surface area (Å²) in [6.45, 7) is 13.4. The molecule has 0 N–H and O–H groups in total. The fourth-order valence-electron chi connectivity index (χ4n) is 1.16. The molecule has 0 radical (unpaired) electrons. The molecule has 1 rings (SSSR count). The molecule has 0 aliphatic carbocycles. The number of benzene rings is 1. The lowest BCUT2D eigenvalue weighted by Gasteiger charge is -1.90. The maximum Gasteiger partial charge on any atom is 0.526 e. The van der Waals surface area contributed by atoms with Crippen LogP contribution in [0.2, 0.25) is 0 Å². The normalized spacial score (nSPS) is 8.06. The minimum Gasteiger partial charge on any atom is -0.206 e. The summed E-state index contributed by atoms with van der Waals surface area (Å²) in [4.78, 5) is 5.88. The average molecular weight is 222 g/mol. The zero-order valence-corrected chi connectivity index (χ0v) is 8.40. The molecule has 5 heteroatoms. The van der Waals surface area contributed by atoms with Crippen LogP contribution in [0.3, 0.4) is 0 Å². The maximum absolute atomic E-state index is 13.6. The fourth-order valence-corrected chi connectivity index (χ4v) is 1.16. The smallest absolute Gasteiger partial charge is 0.206 e. The van der Waals surface area contributed by atoms with Crippen molar-refractivity contribution in [3.05, 3.63) is 57.3 Å². The lowest BCUT2D eigenvalue weighted by Crippen LogP contribution is -2.16. The Kier molecular flexibility index (Phi) is 3.56. The quantitative estimate of drug-likeness (QED) is 0.613. The summed E-state index contributed by atoms with van der Waals surface area (Å²) in [6.07, 6.45) is 0. The van der Waals surface area contributed by atoms with Crippen LogP contribution in [0.25, 0.3) is 21.1 Å². The molecule has 0 saturated heterocycles. The van der Waals surface area contributed by atoms with E-state index in [4.69, 9.17) is 23.7 Å². The van der Waals surface area contributed by atoms with E-state index in [1.54, 1.807) is 12.1 Å². The molecule has 0 atom stereocenters. The second kappa shape index (κ2) is 5.08. The van der Waals surface area contributed by atoms with Gasteiger partial charge in [-0.1, -0.05) is 12.1 Å². The maximum atomic E-state index is 13.6. The van der Waals surface area contributed by atoms with Crippen LogP contribution in [-0.4, -0.2) is 0 Å². The van der Waals surface area contributed by atoms with Gasteiger partial charge in [0.1, 0.15) is 36.7 Å². The molecule has 0 spiro atoms. The fraction of sp³-hybridized carbons (Fsp3) is 0. The second-order valence-electron chi connectivity index (χ2n) is 2.84. The summed E-state index contributed by atoms with van der Waals surface area (Å²) in [5, 5.41) is 17.2. The van der Waals surface area contributed by atoms with E-state index in [-0.39, 0.29) is 21.8 Å². The molecular weight excluding hydrogens is 219 g/mol. The molecule has 0 bridgehead atoms. The van der Waals surface area contributed by atoms with Crippen LogP contribution in [0.4, 0.5) is 4.39 Å². The monoisotopic (exact) mass is 222 g/mol. The van der Waals surface area contributed by atoms with Crippen molar-refractivity contribution in [2.24, 2.45) is 0 Å². The van der Waals surface area contributed by atoms with Gasteiger partial charge >= 0.3 is 5.82 Å². The summed E-state index contributed by atoms with van der Waals surface area (Å²) < 4.78 is 13.6. The highest BCUT2D eigenvalue weighted by atomic mass is 19.1. The molecule has 1 aromatic carbocycles. The Balaban J connectivity index is 3.78. The van der Waals surface area contributed by atoms with Gasteiger partial charge < -0.3 is 0 Å². The van der Waals surface area contributed by atoms with Crippen molar-refractivity contribution in [2.45, 2.75) is 0 Å². The summed E-state index contributed by atoms with van der Waals surface area (Å²) in [5.41, 5.74) is -0.346. The van der Waals surface area contributed by atoms with Gasteiger partial charge in [-0.25, -0.2) is 4.39 Å². The first-order valence-electron chi connectivity index (χ1n) is 4.27. The predicted octanol–water partition coefficient (Wildman–Crippen LogP) is 0.928. The van der Waals surface area contributed by atoms with E-state index in [0.717, 1.165) is 6.07 Å². The number of halogens is 1. The molecule has 17 heavy (non-hydrogen) atoms. The van der Waals surface area contributed by atoms with Crippen LogP contribution in [0, 0.1) is 41.6 Å². The number of rotatable bonds is 0. The molecule has 0 amide bonds. The van der Waals surface area contributed by atoms with Gasteiger partial charge in [-0.3, -0.25) is 0 Å². The minimum absolute atomic E-state index is 0.131. The van der Waals surface area contributed by atoms with E-state index >= 15 is 0 Å². The van der Waals surface area contributed by atoms with Crippen molar-refractivity contribution in [2.75, 3.05) is 0 Å². The van der Waals surface area contributed by atoms with Crippen molar-refractivity contribution in [3.8, 4) is 12.1 Å². The van der Waals surface area contributed by atoms with Crippen LogP contribution < -0.4 is 10.4 Å². The molecule has 0 unspecified atom stereocenters. The standard InChI is InChI=1S/C12H3FN4/c1-16-12(17-2)8-3-4-10(11(13)5-8)9(6-14)7-15/h3-5H. The van der Waals surface area contributed by atoms with Crippen molar-refractivity contribution < 1.29 is 4.39 Å². The van der Waals surface area contributed by atoms with E-state index in [1.807, 2.05) is 0 Å². The first-order chi connectivity index (χ1) is 8.17. The average Bonchev–Trinajstić information content (AvgIpc) is 2.34. The van der Waals surface area contributed by atoms with Gasteiger partial charge in [-0.15, -0.1) is 0 Å². The second-order valence-corrected chi connectivity index (χ2v) is 2.84. The Morgan fingerprint density at radius 3 is 2.18 bits per heavy atom. The van der Waals surface area contributed by atoms with Gasteiger partial charge in [0, 0.05) is 5.22 Å². The molecule has 1 aromatic rings. The predicted molar refractivity (Wildman–Crippen MR) is 56.9 cm³/mol. The molecule has 78 valence electrons. The number of hydrogen-bond donors (Lipinski definition) is 0. The van der Waals surface area contributed by atoms with E-state index in [1.165, 1.54) is 12.1 Å². The van der Waals surface area contributed by atoms with Gasteiger partial charge in [0.05, 0.1) is 5.22 Å². The molecule has 0 aromatic heterocycles. The Bertz CT molecular complexity index is 716. The van der Waals surface area contributed by atoms with Gasteiger partial charge in [-0.05, 0) is 6.07 Å². The van der Waals surface area contributed by atoms with Crippen molar-refractivity contribution >= 4 is 11.4 Å². The third-order valence-electron chi connectivity index (χ3n) is 1.93. The van der Waals surface area contributed by atoms with Gasteiger partial charge in [-0.2, -0.15) is 20.2 Å².